The van der Waals surface area contributed by atoms with Crippen LogP contribution in [-0.4, -0.2) is 13.2 Å². The zero-order valence-electron chi connectivity index (χ0n) is 11.4. The number of benzene rings is 2. The summed E-state index contributed by atoms with van der Waals surface area (Å²) >= 11 is 0. The Hall–Kier alpha value is -2.23. The van der Waals surface area contributed by atoms with Gasteiger partial charge in [0.05, 0.1) is 13.2 Å². The number of nitrogen functional groups attached to an aromatic ring is 1. The van der Waals surface area contributed by atoms with Crippen molar-refractivity contribution in [2.24, 2.45) is 0 Å². The van der Waals surface area contributed by atoms with Gasteiger partial charge in [0.15, 0.2) is 0 Å². The molecule has 0 aliphatic heterocycles. The normalized spacial score (nSPS) is 10.3. The molecule has 0 saturated carbocycles. The lowest BCUT2D eigenvalue weighted by molar-refractivity contribution is 0.246. The zero-order chi connectivity index (χ0) is 14.4. The SMILES string of the molecule is Cc1cc(F)ccc1OCCCOc1ccc(N)cc1. The molecule has 2 N–H and O–H groups in total. The monoisotopic (exact) mass is 275 g/mol. The average molecular weight is 275 g/mol. The molecular weight excluding hydrogens is 257 g/mol. The van der Waals surface area contributed by atoms with Gasteiger partial charge >= 0.3 is 0 Å². The van der Waals surface area contributed by atoms with Crippen molar-refractivity contribution in [3.63, 3.8) is 0 Å². The molecule has 0 unspecified atom stereocenters. The van der Waals surface area contributed by atoms with Crippen molar-refractivity contribution in [3.05, 3.63) is 53.8 Å². The lowest BCUT2D eigenvalue weighted by Gasteiger charge is -2.10. The van der Waals surface area contributed by atoms with E-state index < -0.39 is 0 Å². The number of halogens is 1. The van der Waals surface area contributed by atoms with E-state index in [0.29, 0.717) is 24.7 Å². The number of ether oxygens (including phenoxy) is 2. The molecule has 4 heteroatoms. The van der Waals surface area contributed by atoms with Crippen molar-refractivity contribution in [2.75, 3.05) is 18.9 Å². The maximum atomic E-state index is 12.9. The van der Waals surface area contributed by atoms with Crippen LogP contribution in [0.15, 0.2) is 42.5 Å². The molecule has 0 spiro atoms. The molecule has 0 aromatic heterocycles. The van der Waals surface area contributed by atoms with E-state index in [2.05, 4.69) is 0 Å². The van der Waals surface area contributed by atoms with Gasteiger partial charge in [-0.05, 0) is 55.0 Å². The van der Waals surface area contributed by atoms with Crippen LogP contribution in [0.4, 0.5) is 10.1 Å². The van der Waals surface area contributed by atoms with Crippen molar-refractivity contribution in [3.8, 4) is 11.5 Å². The van der Waals surface area contributed by atoms with Crippen LogP contribution >= 0.6 is 0 Å². The highest BCUT2D eigenvalue weighted by molar-refractivity contribution is 5.41. The third-order valence-corrected chi connectivity index (χ3v) is 2.83. The van der Waals surface area contributed by atoms with Crippen LogP contribution < -0.4 is 15.2 Å². The van der Waals surface area contributed by atoms with Crippen LogP contribution in [0.1, 0.15) is 12.0 Å². The fraction of sp³-hybridized carbons (Fsp3) is 0.250. The Morgan fingerprint density at radius 3 is 2.40 bits per heavy atom. The summed E-state index contributed by atoms with van der Waals surface area (Å²) in [5, 5.41) is 0. The lowest BCUT2D eigenvalue weighted by Crippen LogP contribution is -2.05. The first-order chi connectivity index (χ1) is 9.65. The molecule has 2 rings (SSSR count). The molecule has 0 atom stereocenters. The van der Waals surface area contributed by atoms with Gasteiger partial charge in [-0.3, -0.25) is 0 Å². The van der Waals surface area contributed by atoms with E-state index in [1.54, 1.807) is 18.2 Å². The predicted octanol–water partition coefficient (Wildman–Crippen LogP) is 3.56. The summed E-state index contributed by atoms with van der Waals surface area (Å²) in [5.41, 5.74) is 7.10. The Morgan fingerprint density at radius 2 is 1.70 bits per heavy atom. The Balaban J connectivity index is 1.70. The van der Waals surface area contributed by atoms with E-state index in [0.717, 1.165) is 17.7 Å². The summed E-state index contributed by atoms with van der Waals surface area (Å²) in [6.07, 6.45) is 0.751. The second-order valence-electron chi connectivity index (χ2n) is 4.53. The van der Waals surface area contributed by atoms with E-state index in [1.165, 1.54) is 12.1 Å². The predicted molar refractivity (Wildman–Crippen MR) is 77.6 cm³/mol. The van der Waals surface area contributed by atoms with E-state index >= 15 is 0 Å². The second kappa shape index (κ2) is 6.80. The first-order valence-corrected chi connectivity index (χ1v) is 6.52. The Kier molecular flexibility index (Phi) is 4.82. The Morgan fingerprint density at radius 1 is 1.00 bits per heavy atom. The summed E-state index contributed by atoms with van der Waals surface area (Å²) in [6, 6.07) is 11.8. The molecule has 0 aliphatic rings. The topological polar surface area (TPSA) is 44.5 Å². The number of hydrogen-bond donors (Lipinski definition) is 1. The lowest BCUT2D eigenvalue weighted by atomic mass is 10.2. The molecular formula is C16H18FNO2. The maximum absolute atomic E-state index is 12.9. The van der Waals surface area contributed by atoms with Gasteiger partial charge in [0, 0.05) is 12.1 Å². The minimum absolute atomic E-state index is 0.249. The van der Waals surface area contributed by atoms with Gasteiger partial charge in [0.2, 0.25) is 0 Å². The van der Waals surface area contributed by atoms with Crippen LogP contribution in [0.2, 0.25) is 0 Å². The highest BCUT2D eigenvalue weighted by Crippen LogP contribution is 2.18. The standard InChI is InChI=1S/C16H18FNO2/c1-12-11-13(17)3-8-16(12)20-10-2-9-19-15-6-4-14(18)5-7-15/h3-8,11H,2,9-10,18H2,1H3. The zero-order valence-corrected chi connectivity index (χ0v) is 11.4. The molecule has 0 fully saturated rings. The molecule has 3 nitrogen and oxygen atoms in total. The molecule has 0 radical (unpaired) electrons. The first kappa shape index (κ1) is 14.2. The highest BCUT2D eigenvalue weighted by Gasteiger charge is 2.01. The van der Waals surface area contributed by atoms with E-state index in [1.807, 2.05) is 19.1 Å². The van der Waals surface area contributed by atoms with Gasteiger partial charge in [0.25, 0.3) is 0 Å². The van der Waals surface area contributed by atoms with Crippen LogP contribution in [-0.2, 0) is 0 Å². The number of nitrogens with two attached hydrogens (primary N) is 1. The minimum Gasteiger partial charge on any atom is -0.493 e. The Bertz CT molecular complexity index is 555. The quantitative estimate of drug-likeness (QED) is 0.647. The molecule has 0 heterocycles. The van der Waals surface area contributed by atoms with Crippen LogP contribution in [0.25, 0.3) is 0 Å². The van der Waals surface area contributed by atoms with Crippen molar-refractivity contribution >= 4 is 5.69 Å². The molecule has 0 bridgehead atoms. The summed E-state index contributed by atoms with van der Waals surface area (Å²) in [5.74, 6) is 1.25. The molecule has 2 aromatic rings. The van der Waals surface area contributed by atoms with E-state index in [4.69, 9.17) is 15.2 Å². The van der Waals surface area contributed by atoms with E-state index in [-0.39, 0.29) is 5.82 Å². The van der Waals surface area contributed by atoms with Crippen LogP contribution in [0.3, 0.4) is 0 Å². The number of hydrogen-bond acceptors (Lipinski definition) is 3. The fourth-order valence-corrected chi connectivity index (χ4v) is 1.77. The first-order valence-electron chi connectivity index (χ1n) is 6.52. The van der Waals surface area contributed by atoms with Gasteiger partial charge in [-0.25, -0.2) is 4.39 Å². The molecule has 20 heavy (non-hydrogen) atoms. The summed E-state index contributed by atoms with van der Waals surface area (Å²) in [7, 11) is 0. The van der Waals surface area contributed by atoms with Crippen molar-refractivity contribution in [2.45, 2.75) is 13.3 Å². The van der Waals surface area contributed by atoms with Crippen LogP contribution in [0.5, 0.6) is 11.5 Å². The van der Waals surface area contributed by atoms with Gasteiger partial charge in [-0.1, -0.05) is 0 Å². The third-order valence-electron chi connectivity index (χ3n) is 2.83. The van der Waals surface area contributed by atoms with E-state index in [9.17, 15) is 4.39 Å². The fourth-order valence-electron chi connectivity index (χ4n) is 1.77. The second-order valence-corrected chi connectivity index (χ2v) is 4.53. The summed E-state index contributed by atoms with van der Waals surface area (Å²) < 4.78 is 24.1. The summed E-state index contributed by atoms with van der Waals surface area (Å²) in [6.45, 7) is 2.91. The highest BCUT2D eigenvalue weighted by atomic mass is 19.1. The van der Waals surface area contributed by atoms with Gasteiger partial charge in [0.1, 0.15) is 17.3 Å². The number of rotatable bonds is 6. The number of anilines is 1. The third kappa shape index (κ3) is 4.16. The maximum Gasteiger partial charge on any atom is 0.123 e. The molecule has 0 amide bonds. The van der Waals surface area contributed by atoms with Gasteiger partial charge in [-0.2, -0.15) is 0 Å². The van der Waals surface area contributed by atoms with Crippen molar-refractivity contribution in [1.29, 1.82) is 0 Å². The Labute approximate surface area is 118 Å². The average Bonchev–Trinajstić information content (AvgIpc) is 2.42. The largest absolute Gasteiger partial charge is 0.493 e. The minimum atomic E-state index is -0.249. The summed E-state index contributed by atoms with van der Waals surface area (Å²) in [4.78, 5) is 0. The number of aryl methyl sites for hydroxylation is 1. The van der Waals surface area contributed by atoms with Gasteiger partial charge < -0.3 is 15.2 Å². The van der Waals surface area contributed by atoms with Crippen molar-refractivity contribution < 1.29 is 13.9 Å². The van der Waals surface area contributed by atoms with Gasteiger partial charge in [-0.15, -0.1) is 0 Å². The molecule has 2 aromatic carbocycles. The van der Waals surface area contributed by atoms with Crippen molar-refractivity contribution in [1.82, 2.24) is 0 Å². The molecule has 106 valence electrons. The molecule has 0 aliphatic carbocycles. The smallest absolute Gasteiger partial charge is 0.123 e. The molecule has 0 saturated heterocycles. The van der Waals surface area contributed by atoms with Crippen LogP contribution in [0, 0.1) is 12.7 Å².